The predicted molar refractivity (Wildman–Crippen MR) is 72.5 cm³/mol. The summed E-state index contributed by atoms with van der Waals surface area (Å²) in [4.78, 5) is 23.0. The van der Waals surface area contributed by atoms with E-state index in [1.165, 1.54) is 17.1 Å². The van der Waals surface area contributed by atoms with Crippen LogP contribution in [0, 0.1) is 0 Å². The van der Waals surface area contributed by atoms with Gasteiger partial charge < -0.3 is 16.2 Å². The number of carbonyl (C=O) groups excluding carboxylic acids is 2. The minimum absolute atomic E-state index is 0.225. The monoisotopic (exact) mass is 274 g/mol. The maximum absolute atomic E-state index is 11.6. The molecule has 1 aromatic heterocycles. The molecule has 0 saturated carbocycles. The number of anilines is 1. The summed E-state index contributed by atoms with van der Waals surface area (Å²) in [5.74, 6) is -1.12. The van der Waals surface area contributed by atoms with Gasteiger partial charge in [0, 0.05) is 6.20 Å². The molecule has 0 fully saturated rings. The fourth-order valence-corrected chi connectivity index (χ4v) is 1.78. The molecule has 0 atom stereocenters. The van der Waals surface area contributed by atoms with E-state index in [1.54, 1.807) is 25.1 Å². The number of hydrogen-bond donors (Lipinski definition) is 2. The molecule has 0 aliphatic heterocycles. The number of rotatable bonds is 4. The molecule has 2 rings (SSSR count). The number of nitrogen functional groups attached to an aromatic ring is 1. The van der Waals surface area contributed by atoms with E-state index in [2.05, 4.69) is 5.10 Å². The van der Waals surface area contributed by atoms with Crippen LogP contribution in [0.4, 0.5) is 5.69 Å². The lowest BCUT2D eigenvalue weighted by Crippen LogP contribution is -2.16. The highest BCUT2D eigenvalue weighted by atomic mass is 16.5. The van der Waals surface area contributed by atoms with Crippen LogP contribution in [-0.4, -0.2) is 28.3 Å². The molecular formula is C13H14N4O3. The first-order valence-electron chi connectivity index (χ1n) is 5.95. The van der Waals surface area contributed by atoms with E-state index < -0.39 is 11.9 Å². The molecule has 7 heteroatoms. The van der Waals surface area contributed by atoms with E-state index in [0.29, 0.717) is 11.4 Å². The van der Waals surface area contributed by atoms with Crippen LogP contribution in [0.2, 0.25) is 0 Å². The summed E-state index contributed by atoms with van der Waals surface area (Å²) in [5.41, 5.74) is 12.3. The van der Waals surface area contributed by atoms with Crippen LogP contribution in [-0.2, 0) is 4.74 Å². The molecule has 20 heavy (non-hydrogen) atoms. The normalized spacial score (nSPS) is 10.2. The van der Waals surface area contributed by atoms with Gasteiger partial charge in [-0.25, -0.2) is 9.48 Å². The van der Waals surface area contributed by atoms with Gasteiger partial charge in [-0.3, -0.25) is 4.79 Å². The van der Waals surface area contributed by atoms with Gasteiger partial charge in [0.05, 0.1) is 29.6 Å². The van der Waals surface area contributed by atoms with E-state index >= 15 is 0 Å². The Balaban J connectivity index is 2.47. The van der Waals surface area contributed by atoms with Crippen molar-refractivity contribution in [3.63, 3.8) is 0 Å². The van der Waals surface area contributed by atoms with Crippen molar-refractivity contribution in [2.45, 2.75) is 6.92 Å². The molecule has 4 N–H and O–H groups in total. The second-order valence-corrected chi connectivity index (χ2v) is 4.00. The highest BCUT2D eigenvalue weighted by Gasteiger charge is 2.16. The number of nitrogens with two attached hydrogens (primary N) is 2. The van der Waals surface area contributed by atoms with Gasteiger partial charge in [0.2, 0.25) is 0 Å². The van der Waals surface area contributed by atoms with Gasteiger partial charge in [0.1, 0.15) is 5.69 Å². The Hall–Kier alpha value is -2.83. The van der Waals surface area contributed by atoms with E-state index in [1.807, 2.05) is 0 Å². The van der Waals surface area contributed by atoms with Crippen LogP contribution in [0.25, 0.3) is 5.69 Å². The Labute approximate surface area is 115 Å². The van der Waals surface area contributed by atoms with Gasteiger partial charge in [-0.15, -0.1) is 0 Å². The first-order valence-corrected chi connectivity index (χ1v) is 5.95. The summed E-state index contributed by atoms with van der Waals surface area (Å²) in [6.07, 6.45) is 2.78. The molecule has 2 aromatic rings. The quantitative estimate of drug-likeness (QED) is 0.630. The molecule has 0 bridgehead atoms. The highest BCUT2D eigenvalue weighted by Crippen LogP contribution is 2.21. The Morgan fingerprint density at radius 1 is 1.40 bits per heavy atom. The molecule has 0 radical (unpaired) electrons. The minimum Gasteiger partial charge on any atom is -0.462 e. The number of amides is 1. The first-order chi connectivity index (χ1) is 9.54. The highest BCUT2D eigenvalue weighted by molar-refractivity contribution is 5.98. The van der Waals surface area contributed by atoms with Crippen LogP contribution >= 0.6 is 0 Å². The number of carbonyl (C=O) groups is 2. The second-order valence-electron chi connectivity index (χ2n) is 4.00. The Kier molecular flexibility index (Phi) is 3.69. The molecule has 1 amide bonds. The van der Waals surface area contributed by atoms with Gasteiger partial charge in [-0.05, 0) is 19.1 Å². The van der Waals surface area contributed by atoms with Crippen LogP contribution in [0.15, 0.2) is 30.6 Å². The Morgan fingerprint density at radius 2 is 2.15 bits per heavy atom. The molecule has 104 valence electrons. The standard InChI is InChI=1S/C13H14N4O3/c1-2-20-13(19)8-6-16-17(7-8)11-9(12(15)18)4-3-5-10(11)14/h3-7H,2,14H2,1H3,(H2,15,18). The van der Waals surface area contributed by atoms with Gasteiger partial charge in [0.15, 0.2) is 0 Å². The number of primary amides is 1. The molecule has 0 saturated heterocycles. The topological polar surface area (TPSA) is 113 Å². The summed E-state index contributed by atoms with van der Waals surface area (Å²) >= 11 is 0. The molecule has 0 aliphatic carbocycles. The summed E-state index contributed by atoms with van der Waals surface area (Å²) in [7, 11) is 0. The van der Waals surface area contributed by atoms with Crippen molar-refractivity contribution in [2.75, 3.05) is 12.3 Å². The SMILES string of the molecule is CCOC(=O)c1cnn(-c2c(N)cccc2C(N)=O)c1. The number of para-hydroxylation sites is 1. The minimum atomic E-state index is -0.625. The third-order valence-electron chi connectivity index (χ3n) is 2.66. The summed E-state index contributed by atoms with van der Waals surface area (Å²) in [5, 5.41) is 4.02. The van der Waals surface area contributed by atoms with Crippen LogP contribution in [0.3, 0.4) is 0 Å². The number of hydrogen-bond acceptors (Lipinski definition) is 5. The lowest BCUT2D eigenvalue weighted by Gasteiger charge is -2.09. The van der Waals surface area contributed by atoms with E-state index in [0.717, 1.165) is 0 Å². The third kappa shape index (κ3) is 2.46. The van der Waals surface area contributed by atoms with E-state index in [-0.39, 0.29) is 17.7 Å². The Bertz CT molecular complexity index is 663. The fourth-order valence-electron chi connectivity index (χ4n) is 1.78. The molecule has 0 aliphatic rings. The smallest absolute Gasteiger partial charge is 0.341 e. The van der Waals surface area contributed by atoms with Crippen molar-refractivity contribution >= 4 is 17.6 Å². The van der Waals surface area contributed by atoms with Crippen LogP contribution in [0.1, 0.15) is 27.6 Å². The number of ether oxygens (including phenoxy) is 1. The van der Waals surface area contributed by atoms with Gasteiger partial charge in [-0.2, -0.15) is 5.10 Å². The zero-order valence-corrected chi connectivity index (χ0v) is 10.9. The summed E-state index contributed by atoms with van der Waals surface area (Å²) < 4.78 is 6.20. The molecule has 1 aromatic carbocycles. The predicted octanol–water partition coefficient (Wildman–Crippen LogP) is 0.730. The van der Waals surface area contributed by atoms with Crippen LogP contribution in [0.5, 0.6) is 0 Å². The van der Waals surface area contributed by atoms with Crippen LogP contribution < -0.4 is 11.5 Å². The fraction of sp³-hybridized carbons (Fsp3) is 0.154. The third-order valence-corrected chi connectivity index (χ3v) is 2.66. The zero-order valence-electron chi connectivity index (χ0n) is 10.9. The van der Waals surface area contributed by atoms with Gasteiger partial charge in [-0.1, -0.05) is 6.07 Å². The largest absolute Gasteiger partial charge is 0.462 e. The molecule has 0 spiro atoms. The number of benzene rings is 1. The van der Waals surface area contributed by atoms with Gasteiger partial charge in [0.25, 0.3) is 5.91 Å². The zero-order chi connectivity index (χ0) is 14.7. The number of aromatic nitrogens is 2. The molecular weight excluding hydrogens is 260 g/mol. The molecule has 0 unspecified atom stereocenters. The number of nitrogens with zero attached hydrogens (tertiary/aromatic N) is 2. The van der Waals surface area contributed by atoms with Crippen molar-refractivity contribution in [3.05, 3.63) is 41.7 Å². The van der Waals surface area contributed by atoms with E-state index in [9.17, 15) is 9.59 Å². The average molecular weight is 274 g/mol. The Morgan fingerprint density at radius 3 is 2.80 bits per heavy atom. The van der Waals surface area contributed by atoms with Crippen molar-refractivity contribution < 1.29 is 14.3 Å². The van der Waals surface area contributed by atoms with Gasteiger partial charge >= 0.3 is 5.97 Å². The average Bonchev–Trinajstić information content (AvgIpc) is 2.88. The maximum atomic E-state index is 11.6. The molecule has 1 heterocycles. The summed E-state index contributed by atoms with van der Waals surface area (Å²) in [6, 6.07) is 4.78. The van der Waals surface area contributed by atoms with Crippen molar-refractivity contribution in [1.82, 2.24) is 9.78 Å². The maximum Gasteiger partial charge on any atom is 0.341 e. The van der Waals surface area contributed by atoms with Crippen molar-refractivity contribution in [1.29, 1.82) is 0 Å². The van der Waals surface area contributed by atoms with Crippen molar-refractivity contribution in [2.24, 2.45) is 5.73 Å². The lowest BCUT2D eigenvalue weighted by atomic mass is 10.1. The first kappa shape index (κ1) is 13.6. The van der Waals surface area contributed by atoms with Crippen molar-refractivity contribution in [3.8, 4) is 5.69 Å². The number of esters is 1. The summed E-state index contributed by atoms with van der Waals surface area (Å²) in [6.45, 7) is 1.98. The second kappa shape index (κ2) is 5.43. The van der Waals surface area contributed by atoms with E-state index in [4.69, 9.17) is 16.2 Å². The lowest BCUT2D eigenvalue weighted by molar-refractivity contribution is 0.0526. The molecule has 7 nitrogen and oxygen atoms in total.